The Balaban J connectivity index is 1.15. The van der Waals surface area contributed by atoms with Gasteiger partial charge in [0, 0.05) is 67.3 Å². The molecule has 3 aliphatic heterocycles. The minimum absolute atomic E-state index is 0.276. The van der Waals surface area contributed by atoms with Gasteiger partial charge in [-0.3, -0.25) is 24.9 Å². The van der Waals surface area contributed by atoms with Crippen LogP contribution in [0.1, 0.15) is 62.8 Å². The van der Waals surface area contributed by atoms with Gasteiger partial charge < -0.3 is 40.2 Å². The molecule has 3 aliphatic rings. The maximum absolute atomic E-state index is 14.6. The molecule has 0 aliphatic carbocycles. The van der Waals surface area contributed by atoms with Crippen molar-refractivity contribution in [2.45, 2.75) is 108 Å². The topological polar surface area (TPSA) is 200 Å². The molecule has 7 rings (SSSR count). The number of hydrazine groups is 1. The second-order valence-corrected chi connectivity index (χ2v) is 20.5. The lowest BCUT2D eigenvalue weighted by atomic mass is 9.82. The van der Waals surface area contributed by atoms with Gasteiger partial charge in [0.05, 0.1) is 62.1 Å². The van der Waals surface area contributed by atoms with Crippen molar-refractivity contribution in [1.29, 1.82) is 0 Å². The third-order valence-electron chi connectivity index (χ3n) is 14.5. The number of rotatable bonds is 18. The smallest absolute Gasteiger partial charge is 0.407 e. The van der Waals surface area contributed by atoms with Gasteiger partial charge in [-0.15, -0.1) is 0 Å². The first-order chi connectivity index (χ1) is 36.4. The van der Waals surface area contributed by atoms with Gasteiger partial charge in [-0.1, -0.05) is 54.3 Å². The van der Waals surface area contributed by atoms with Gasteiger partial charge in [-0.2, -0.15) is 26.3 Å². The van der Waals surface area contributed by atoms with Gasteiger partial charge >= 0.3 is 24.5 Å². The maximum Gasteiger partial charge on any atom is 0.407 e. The zero-order valence-electron chi connectivity index (χ0n) is 43.4. The second kappa shape index (κ2) is 24.1. The Morgan fingerprint density at radius 3 is 1.79 bits per heavy atom. The molecule has 5 heterocycles. The number of anilines is 1. The molecule has 4 amide bonds. The van der Waals surface area contributed by atoms with Crippen molar-refractivity contribution in [3.05, 3.63) is 114 Å². The number of carbonyl (C=O) groups excluding carboxylic acids is 4. The average Bonchev–Trinajstić information content (AvgIpc) is 3.63. The van der Waals surface area contributed by atoms with E-state index in [1.165, 1.54) is 0 Å². The van der Waals surface area contributed by atoms with Crippen LogP contribution in [0.2, 0.25) is 0 Å². The summed E-state index contributed by atoms with van der Waals surface area (Å²) >= 11 is 0. The van der Waals surface area contributed by atoms with Crippen LogP contribution in [0.4, 0.5) is 41.7 Å². The Labute approximate surface area is 442 Å². The van der Waals surface area contributed by atoms with E-state index in [-0.39, 0.29) is 13.0 Å². The summed E-state index contributed by atoms with van der Waals surface area (Å²) in [6.45, 7) is 5.10. The lowest BCUT2D eigenvalue weighted by Gasteiger charge is -2.47. The molecule has 2 aromatic carbocycles. The predicted molar refractivity (Wildman–Crippen MR) is 270 cm³/mol. The summed E-state index contributed by atoms with van der Waals surface area (Å²) in [5, 5.41) is 19.5. The molecule has 2 bridgehead atoms. The lowest BCUT2D eigenvalue weighted by molar-refractivity contribution is -0.221. The van der Waals surface area contributed by atoms with Gasteiger partial charge in [0.1, 0.15) is 17.9 Å². The minimum Gasteiger partial charge on any atom is -0.453 e. The molecule has 77 heavy (non-hydrogen) atoms. The van der Waals surface area contributed by atoms with E-state index in [1.807, 2.05) is 22.8 Å². The van der Waals surface area contributed by atoms with Crippen molar-refractivity contribution in [2.24, 2.45) is 10.8 Å². The van der Waals surface area contributed by atoms with Crippen LogP contribution >= 0.6 is 0 Å². The molecule has 3 fully saturated rings. The second-order valence-electron chi connectivity index (χ2n) is 20.5. The number of fused-ring (bicyclic) bond motifs is 2. The Kier molecular flexibility index (Phi) is 18.1. The fourth-order valence-corrected chi connectivity index (χ4v) is 9.52. The first-order valence-electron chi connectivity index (χ1n) is 24.9. The molecule has 4 aromatic rings. The number of aromatic nitrogens is 2. The first-order valence-corrected chi connectivity index (χ1v) is 24.9. The quantitative estimate of drug-likeness (QED) is 0.0433. The standard InChI is InChI=1S/C54H63F6N9O8/c1-51(2,53(55,56)57)45(64-49(73)75-5)47(71)63-42(25-34-13-10-33(11-14-34)12-15-35-18-23-44(62-26-35)67-28-38-21-22-39(29-67)69(38)40-31-77-32-40)43(70)30-68(27-36-16-19-37(20-17-36)41-9-7-8-24-61-41)66-48(72)46(65-50(74)76-6)52(3,4)54(58,59)60/h7-11,13-14,16-20,23-24,26,38-40,42-43,45-46,70H,21-22,25,27-32H2,1-6H3,(H,63,71)(H,64,73)(H,65,74)(H,66,72)/t38?,39?,42-,43-,45+,46+/m0/s1. The van der Waals surface area contributed by atoms with Crippen LogP contribution in [0, 0.1) is 22.7 Å². The van der Waals surface area contributed by atoms with Crippen LogP contribution in [0.5, 0.6) is 0 Å². The van der Waals surface area contributed by atoms with Gasteiger partial charge in [0.25, 0.3) is 5.91 Å². The largest absolute Gasteiger partial charge is 0.453 e. The highest BCUT2D eigenvalue weighted by atomic mass is 19.4. The highest BCUT2D eigenvalue weighted by Gasteiger charge is 2.57. The number of piperazine rings is 1. The van der Waals surface area contributed by atoms with Gasteiger partial charge in [0.2, 0.25) is 5.91 Å². The fraction of sp³-hybridized carbons (Fsp3) is 0.481. The fourth-order valence-electron chi connectivity index (χ4n) is 9.52. The number of benzene rings is 2. The van der Waals surface area contributed by atoms with E-state index in [1.54, 1.807) is 79.1 Å². The number of hydrogen-bond donors (Lipinski definition) is 5. The summed E-state index contributed by atoms with van der Waals surface area (Å²) in [5.41, 5.74) is -0.0250. The summed E-state index contributed by atoms with van der Waals surface area (Å²) in [5.74, 6) is 4.30. The molecule has 6 atom stereocenters. The molecule has 0 saturated carbocycles. The minimum atomic E-state index is -5.06. The van der Waals surface area contributed by atoms with E-state index in [0.29, 0.717) is 79.3 Å². The van der Waals surface area contributed by atoms with Crippen LogP contribution in [0.15, 0.2) is 91.3 Å². The third kappa shape index (κ3) is 14.0. The average molecular weight is 1080 g/mol. The number of alkyl halides is 6. The molecular formula is C54H63F6N9O8. The summed E-state index contributed by atoms with van der Waals surface area (Å²) in [4.78, 5) is 66.9. The molecule has 5 N–H and O–H groups in total. The number of alkyl carbamates (subject to hydrolysis) is 2. The number of halogens is 6. The zero-order chi connectivity index (χ0) is 55.9. The number of aliphatic hydroxyl groups excluding tert-OH is 1. The van der Waals surface area contributed by atoms with E-state index in [2.05, 4.69) is 46.8 Å². The van der Waals surface area contributed by atoms with Gasteiger partial charge in [-0.05, 0) is 94.5 Å². The highest BCUT2D eigenvalue weighted by Crippen LogP contribution is 2.42. The highest BCUT2D eigenvalue weighted by molar-refractivity contribution is 5.87. The summed E-state index contributed by atoms with van der Waals surface area (Å²) < 4.78 is 102. The number of aliphatic hydroxyl groups is 1. The van der Waals surface area contributed by atoms with E-state index in [4.69, 9.17) is 9.72 Å². The van der Waals surface area contributed by atoms with Crippen molar-refractivity contribution in [2.75, 3.05) is 52.0 Å². The van der Waals surface area contributed by atoms with E-state index in [9.17, 15) is 50.6 Å². The van der Waals surface area contributed by atoms with Crippen molar-refractivity contribution in [3.8, 4) is 23.1 Å². The van der Waals surface area contributed by atoms with E-state index < -0.39 is 78.0 Å². The molecule has 17 nitrogen and oxygen atoms in total. The van der Waals surface area contributed by atoms with Gasteiger partial charge in [-0.25, -0.2) is 19.6 Å². The van der Waals surface area contributed by atoms with Crippen molar-refractivity contribution in [1.82, 2.24) is 41.3 Å². The third-order valence-corrected chi connectivity index (χ3v) is 14.5. The van der Waals surface area contributed by atoms with Crippen LogP contribution in [0.25, 0.3) is 11.3 Å². The van der Waals surface area contributed by atoms with E-state index >= 15 is 0 Å². The molecule has 2 unspecified atom stereocenters. The van der Waals surface area contributed by atoms with Crippen LogP contribution < -0.4 is 26.3 Å². The van der Waals surface area contributed by atoms with Crippen molar-refractivity contribution in [3.63, 3.8) is 0 Å². The molecule has 23 heteroatoms. The monoisotopic (exact) mass is 1080 g/mol. The van der Waals surface area contributed by atoms with Crippen LogP contribution in [0.3, 0.4) is 0 Å². The van der Waals surface area contributed by atoms with E-state index in [0.717, 1.165) is 64.2 Å². The summed E-state index contributed by atoms with van der Waals surface area (Å²) in [6, 6.07) is 17.6. The number of hydrogen-bond acceptors (Lipinski definition) is 13. The Morgan fingerprint density at radius 1 is 0.727 bits per heavy atom. The van der Waals surface area contributed by atoms with Crippen molar-refractivity contribution >= 4 is 29.8 Å². The molecule has 2 aromatic heterocycles. The lowest BCUT2D eigenvalue weighted by Crippen LogP contribution is -2.63. The molecule has 0 radical (unpaired) electrons. The SMILES string of the molecule is COC(=O)N[C@H](C(=O)N[C@@H](Cc1ccc(C#Cc2ccc(N3CC4CCC(C3)N4C3COC3)nc2)cc1)[C@@H](O)CN(Cc1ccc(-c2ccccn2)cc1)NC(=O)[C@@H](NC(=O)OC)C(C)(C)C(F)(F)F)C(C)(C)C(F)(F)F. The molecule has 414 valence electrons. The number of amides is 4. The molecule has 0 spiro atoms. The summed E-state index contributed by atoms with van der Waals surface area (Å²) in [6.07, 6.45) is -9.35. The Morgan fingerprint density at radius 2 is 1.29 bits per heavy atom. The Bertz CT molecular complexity index is 2720. The molecule has 3 saturated heterocycles. The number of pyridine rings is 2. The number of methoxy groups -OCH3 is 2. The summed E-state index contributed by atoms with van der Waals surface area (Å²) in [7, 11) is 1.79. The van der Waals surface area contributed by atoms with Crippen molar-refractivity contribution < 1.29 is 64.8 Å². The molecular weight excluding hydrogens is 1020 g/mol. The number of ether oxygens (including phenoxy) is 3. The number of nitrogens with one attached hydrogen (secondary N) is 4. The first kappa shape index (κ1) is 57.7. The van der Waals surface area contributed by atoms with Crippen LogP contribution in [-0.4, -0.2) is 151 Å². The van der Waals surface area contributed by atoms with Gasteiger partial charge in [0.15, 0.2) is 0 Å². The Hall–Kier alpha value is -7.00. The zero-order valence-corrected chi connectivity index (χ0v) is 43.4. The maximum atomic E-state index is 14.6. The normalized spacial score (nSPS) is 18.6. The number of nitrogens with zero attached hydrogens (tertiary/aromatic N) is 5. The van der Waals surface area contributed by atoms with Crippen LogP contribution in [-0.2, 0) is 36.8 Å². The predicted octanol–water partition coefficient (Wildman–Crippen LogP) is 6.14. The number of carbonyl (C=O) groups is 4.